The molecular formula is C44H56ClNO3. The zero-order chi connectivity index (χ0) is 35.1. The number of carbonyl (C=O) groups is 2. The van der Waals surface area contributed by atoms with E-state index in [9.17, 15) is 14.7 Å². The third-order valence-corrected chi connectivity index (χ3v) is 16.2. The highest BCUT2D eigenvalue weighted by atomic mass is 35.5. The first-order chi connectivity index (χ1) is 23.1. The van der Waals surface area contributed by atoms with Gasteiger partial charge in [0, 0.05) is 11.6 Å². The molecule has 9 unspecified atom stereocenters. The highest BCUT2D eigenvalue weighted by Crippen LogP contribution is 2.77. The molecule has 0 aromatic heterocycles. The number of halogens is 1. The molecule has 2 N–H and O–H groups in total. The number of carboxylic acids is 1. The summed E-state index contributed by atoms with van der Waals surface area (Å²) in [6, 6.07) is 15.4. The van der Waals surface area contributed by atoms with E-state index in [4.69, 9.17) is 11.6 Å². The molecule has 0 bridgehead atoms. The quantitative estimate of drug-likeness (QED) is 0.298. The summed E-state index contributed by atoms with van der Waals surface area (Å²) < 4.78 is 0. The van der Waals surface area contributed by atoms with Crippen molar-refractivity contribution in [1.82, 2.24) is 5.32 Å². The fraction of sp³-hybridized carbons (Fsp3) is 0.591. The third-order valence-electron chi connectivity index (χ3n) is 15.9. The summed E-state index contributed by atoms with van der Waals surface area (Å²) in [5, 5.41) is 13.6. The monoisotopic (exact) mass is 681 g/mol. The van der Waals surface area contributed by atoms with Gasteiger partial charge in [0.2, 0.25) is 5.91 Å². The Labute approximate surface area is 299 Å². The fourth-order valence-electron chi connectivity index (χ4n) is 13.4. The van der Waals surface area contributed by atoms with Crippen LogP contribution in [0.25, 0.3) is 5.57 Å². The second-order valence-electron chi connectivity index (χ2n) is 18.1. The zero-order valence-electron chi connectivity index (χ0n) is 30.5. The number of carbonyl (C=O) groups excluding carboxylic acids is 1. The topological polar surface area (TPSA) is 66.4 Å². The maximum absolute atomic E-state index is 14.5. The Kier molecular flexibility index (Phi) is 8.37. The van der Waals surface area contributed by atoms with Crippen molar-refractivity contribution >= 4 is 29.1 Å². The van der Waals surface area contributed by atoms with Gasteiger partial charge in [-0.2, -0.15) is 0 Å². The van der Waals surface area contributed by atoms with Gasteiger partial charge in [0.1, 0.15) is 0 Å². The first kappa shape index (κ1) is 34.6. The molecule has 0 heterocycles. The zero-order valence-corrected chi connectivity index (χ0v) is 31.3. The van der Waals surface area contributed by atoms with E-state index in [2.05, 4.69) is 59.5 Å². The molecule has 5 heteroatoms. The highest BCUT2D eigenvalue weighted by Gasteiger charge is 2.71. The Bertz CT molecular complexity index is 1690. The largest absolute Gasteiger partial charge is 0.478 e. The minimum absolute atomic E-state index is 0.0166. The third kappa shape index (κ3) is 5.04. The number of allylic oxidation sites excluding steroid dienone is 3. The number of carboxylic acid groups (broad SMARTS) is 1. The van der Waals surface area contributed by atoms with Gasteiger partial charge in [-0.15, -0.1) is 0 Å². The van der Waals surface area contributed by atoms with E-state index in [0.717, 1.165) is 43.2 Å². The van der Waals surface area contributed by atoms with Crippen LogP contribution < -0.4 is 5.32 Å². The molecule has 7 rings (SSSR count). The van der Waals surface area contributed by atoms with Gasteiger partial charge in [-0.25, -0.2) is 4.79 Å². The Hall–Kier alpha value is -2.85. The standard InChI is InChI=1S/C44H56ClNO3/c1-27(2)32-18-23-44(39(49)46-26-28-8-14-31(45)15-9-28)25-24-42(6)34(37(32)44)16-17-36-41(5)21-19-33(29-10-12-30(13-11-29)38(47)48)40(3,4)35(41)20-22-43(36,42)7/h8-15,19,32,34-37H,1,16-18,20-26H2,2-7H3,(H,46,49)(H,47,48). The van der Waals surface area contributed by atoms with Crippen molar-refractivity contribution in [1.29, 1.82) is 0 Å². The van der Waals surface area contributed by atoms with E-state index < -0.39 is 5.97 Å². The Balaban J connectivity index is 1.19. The highest BCUT2D eigenvalue weighted by molar-refractivity contribution is 6.30. The van der Waals surface area contributed by atoms with Crippen molar-refractivity contribution in [2.24, 2.45) is 56.7 Å². The van der Waals surface area contributed by atoms with Gasteiger partial charge in [0.15, 0.2) is 0 Å². The Morgan fingerprint density at radius 2 is 1.55 bits per heavy atom. The summed E-state index contributed by atoms with van der Waals surface area (Å²) in [7, 11) is 0. The lowest BCUT2D eigenvalue weighted by Crippen LogP contribution is -2.66. The van der Waals surface area contributed by atoms with Gasteiger partial charge in [-0.05, 0) is 157 Å². The minimum Gasteiger partial charge on any atom is -0.478 e. The number of benzene rings is 2. The van der Waals surface area contributed by atoms with E-state index in [0.29, 0.717) is 46.7 Å². The van der Waals surface area contributed by atoms with Crippen molar-refractivity contribution in [3.05, 3.63) is 88.5 Å². The summed E-state index contributed by atoms with van der Waals surface area (Å²) in [6.07, 6.45) is 12.5. The number of aromatic carboxylic acids is 1. The smallest absolute Gasteiger partial charge is 0.335 e. The summed E-state index contributed by atoms with van der Waals surface area (Å²) in [5.41, 5.74) is 5.41. The van der Waals surface area contributed by atoms with E-state index in [-0.39, 0.29) is 33.0 Å². The van der Waals surface area contributed by atoms with Gasteiger partial charge >= 0.3 is 5.97 Å². The molecule has 1 amide bonds. The van der Waals surface area contributed by atoms with Crippen LogP contribution in [0, 0.1) is 56.7 Å². The van der Waals surface area contributed by atoms with Crippen LogP contribution in [0.3, 0.4) is 0 Å². The lowest BCUT2D eigenvalue weighted by molar-refractivity contribution is -0.225. The van der Waals surface area contributed by atoms with Crippen molar-refractivity contribution in [3.8, 4) is 0 Å². The van der Waals surface area contributed by atoms with Crippen molar-refractivity contribution < 1.29 is 14.7 Å². The fourth-order valence-corrected chi connectivity index (χ4v) is 13.5. The predicted octanol–water partition coefficient (Wildman–Crippen LogP) is 11.0. The average molecular weight is 682 g/mol. The molecule has 0 spiro atoms. The maximum atomic E-state index is 14.5. The van der Waals surface area contributed by atoms with E-state index in [1.54, 1.807) is 12.1 Å². The lowest BCUT2D eigenvalue weighted by atomic mass is 9.32. The predicted molar refractivity (Wildman–Crippen MR) is 199 cm³/mol. The SMILES string of the molecule is C=C(C)C1CCC2(C(=O)NCc3ccc(Cl)cc3)CCC3(C)C(CCC4C5(C)CC=C(c6ccc(C(=O)O)cc6)C(C)(C)C5CCC43C)C12. The van der Waals surface area contributed by atoms with Gasteiger partial charge in [0.25, 0.3) is 0 Å². The second kappa shape index (κ2) is 11.9. The van der Waals surface area contributed by atoms with Crippen LogP contribution >= 0.6 is 11.6 Å². The molecule has 9 atom stereocenters. The number of hydrogen-bond donors (Lipinski definition) is 2. The van der Waals surface area contributed by atoms with Crippen LogP contribution in [0.5, 0.6) is 0 Å². The summed E-state index contributed by atoms with van der Waals surface area (Å²) >= 11 is 6.14. The first-order valence-corrected chi connectivity index (χ1v) is 19.2. The number of hydrogen-bond acceptors (Lipinski definition) is 2. The van der Waals surface area contributed by atoms with E-state index in [1.165, 1.54) is 36.8 Å². The molecule has 4 nitrogen and oxygen atoms in total. The van der Waals surface area contributed by atoms with Crippen LogP contribution in [-0.2, 0) is 11.3 Å². The molecule has 4 fully saturated rings. The summed E-state index contributed by atoms with van der Waals surface area (Å²) in [6.45, 7) is 20.1. The van der Waals surface area contributed by atoms with Crippen LogP contribution in [-0.4, -0.2) is 17.0 Å². The molecule has 262 valence electrons. The summed E-state index contributed by atoms with van der Waals surface area (Å²) in [4.78, 5) is 26.0. The van der Waals surface area contributed by atoms with Crippen molar-refractivity contribution in [2.75, 3.05) is 0 Å². The molecule has 5 aliphatic carbocycles. The lowest BCUT2D eigenvalue weighted by Gasteiger charge is -2.72. The average Bonchev–Trinajstić information content (AvgIpc) is 3.46. The Morgan fingerprint density at radius 1 is 0.857 bits per heavy atom. The molecule has 5 aliphatic rings. The molecule has 2 aromatic carbocycles. The van der Waals surface area contributed by atoms with E-state index in [1.807, 2.05) is 36.4 Å². The molecule has 0 aliphatic heterocycles. The van der Waals surface area contributed by atoms with E-state index >= 15 is 0 Å². The maximum Gasteiger partial charge on any atom is 0.335 e. The molecule has 4 saturated carbocycles. The number of rotatable bonds is 6. The van der Waals surface area contributed by atoms with Crippen LogP contribution in [0.4, 0.5) is 0 Å². The van der Waals surface area contributed by atoms with Gasteiger partial charge in [0.05, 0.1) is 11.0 Å². The summed E-state index contributed by atoms with van der Waals surface area (Å²) in [5.74, 6) is 1.77. The van der Waals surface area contributed by atoms with Crippen molar-refractivity contribution in [2.45, 2.75) is 106 Å². The Morgan fingerprint density at radius 3 is 2.20 bits per heavy atom. The number of amides is 1. The molecule has 0 saturated heterocycles. The van der Waals surface area contributed by atoms with Gasteiger partial charge < -0.3 is 10.4 Å². The molecule has 49 heavy (non-hydrogen) atoms. The molecule has 2 aromatic rings. The minimum atomic E-state index is -0.877. The van der Waals surface area contributed by atoms with Crippen LogP contribution in [0.15, 0.2) is 66.8 Å². The van der Waals surface area contributed by atoms with Crippen molar-refractivity contribution in [3.63, 3.8) is 0 Å². The van der Waals surface area contributed by atoms with Gasteiger partial charge in [-0.1, -0.05) is 88.7 Å². The second-order valence-corrected chi connectivity index (χ2v) is 18.5. The van der Waals surface area contributed by atoms with Crippen LogP contribution in [0.1, 0.15) is 121 Å². The number of fused-ring (bicyclic) bond motifs is 7. The first-order valence-electron chi connectivity index (χ1n) is 18.8. The molecular weight excluding hydrogens is 626 g/mol. The number of nitrogens with one attached hydrogen (secondary N) is 1. The van der Waals surface area contributed by atoms with Crippen LogP contribution in [0.2, 0.25) is 5.02 Å². The normalized spacial score (nSPS) is 39.0. The molecule has 0 radical (unpaired) electrons. The van der Waals surface area contributed by atoms with Gasteiger partial charge in [-0.3, -0.25) is 4.79 Å².